The number of hydrogen-bond donors (Lipinski definition) is 1. The van der Waals surface area contributed by atoms with E-state index in [4.69, 9.17) is 9.47 Å². The summed E-state index contributed by atoms with van der Waals surface area (Å²) < 4.78 is 16.2. The van der Waals surface area contributed by atoms with Crippen LogP contribution in [0.1, 0.15) is 79.1 Å². The van der Waals surface area contributed by atoms with Crippen LogP contribution in [0.5, 0.6) is 11.5 Å². The predicted octanol–water partition coefficient (Wildman–Crippen LogP) is 7.64. The molecule has 1 aromatic rings. The maximum atomic E-state index is 12.3. The summed E-state index contributed by atoms with van der Waals surface area (Å²) in [6.45, 7) is 9.47. The molecule has 0 atom stereocenters. The number of hydrogen-bond acceptors (Lipinski definition) is 3. The van der Waals surface area contributed by atoms with Crippen molar-refractivity contribution < 1.29 is 19.4 Å². The molecule has 0 amide bonds. The number of rotatable bonds is 17. The number of benzene rings is 1. The third-order valence-corrected chi connectivity index (χ3v) is 23.1. The van der Waals surface area contributed by atoms with E-state index in [1.54, 1.807) is 7.11 Å². The molecule has 0 spiro atoms. The van der Waals surface area contributed by atoms with Gasteiger partial charge in [-0.1, -0.05) is 0 Å². The van der Waals surface area contributed by atoms with Crippen LogP contribution >= 0.6 is 0 Å². The van der Waals surface area contributed by atoms with Gasteiger partial charge in [0.05, 0.1) is 0 Å². The number of allylic oxidation sites excluding steroid dienone is 1. The molecule has 0 fully saturated rings. The van der Waals surface area contributed by atoms with E-state index in [1.165, 1.54) is 55.4 Å². The zero-order valence-corrected chi connectivity index (χ0v) is 23.3. The third-order valence-electron chi connectivity index (χ3n) is 6.43. The molecule has 0 aromatic heterocycles. The average Bonchev–Trinajstić information content (AvgIpc) is 2.78. The molecule has 1 aromatic carbocycles. The quantitative estimate of drug-likeness (QED) is 0.126. The molecule has 0 heterocycles. The van der Waals surface area contributed by atoms with Gasteiger partial charge in [0.1, 0.15) is 0 Å². The second-order valence-electron chi connectivity index (χ2n) is 8.63. The predicted molar refractivity (Wildman–Crippen MR) is 133 cm³/mol. The van der Waals surface area contributed by atoms with Crippen molar-refractivity contribution >= 4 is 24.3 Å². The van der Waals surface area contributed by atoms with Crippen molar-refractivity contribution in [2.45, 2.75) is 92.4 Å². The van der Waals surface area contributed by atoms with Gasteiger partial charge >= 0.3 is 195 Å². The van der Waals surface area contributed by atoms with Crippen molar-refractivity contribution in [1.29, 1.82) is 0 Å². The first-order valence-electron chi connectivity index (χ1n) is 12.1. The number of carbonyl (C=O) groups is 1. The monoisotopic (exact) mass is 540 g/mol. The van der Waals surface area contributed by atoms with Crippen molar-refractivity contribution in [2.24, 2.45) is 0 Å². The van der Waals surface area contributed by atoms with Crippen molar-refractivity contribution in [3.05, 3.63) is 33.4 Å². The first-order chi connectivity index (χ1) is 14.9. The van der Waals surface area contributed by atoms with Crippen LogP contribution < -0.4 is 9.47 Å². The zero-order chi connectivity index (χ0) is 23.1. The van der Waals surface area contributed by atoms with E-state index in [0.717, 1.165) is 17.9 Å². The molecular formula is C26H44O4Sn. The van der Waals surface area contributed by atoms with Crippen LogP contribution in [0.4, 0.5) is 0 Å². The molecule has 1 rings (SSSR count). The zero-order valence-electron chi connectivity index (χ0n) is 20.5. The van der Waals surface area contributed by atoms with Crippen LogP contribution in [0.15, 0.2) is 33.4 Å². The van der Waals surface area contributed by atoms with Gasteiger partial charge in [-0.2, -0.15) is 0 Å². The molecule has 0 saturated heterocycles. The van der Waals surface area contributed by atoms with E-state index in [2.05, 4.69) is 27.7 Å². The molecule has 176 valence electrons. The fourth-order valence-corrected chi connectivity index (χ4v) is 21.0. The number of unbranched alkanes of at least 4 members (excludes halogenated alkanes) is 3. The Balaban J connectivity index is 2.95. The first kappa shape index (κ1) is 27.9. The van der Waals surface area contributed by atoms with Crippen molar-refractivity contribution in [3.8, 4) is 11.5 Å². The van der Waals surface area contributed by atoms with Crippen molar-refractivity contribution in [1.82, 2.24) is 0 Å². The summed E-state index contributed by atoms with van der Waals surface area (Å²) in [7, 11) is 1.64. The molecule has 0 aliphatic carbocycles. The van der Waals surface area contributed by atoms with E-state index >= 15 is 0 Å². The Bertz CT molecular complexity index is 645. The van der Waals surface area contributed by atoms with Gasteiger partial charge < -0.3 is 0 Å². The molecule has 0 radical (unpaired) electrons. The Morgan fingerprint density at radius 3 is 1.77 bits per heavy atom. The van der Waals surface area contributed by atoms with E-state index < -0.39 is 24.3 Å². The summed E-state index contributed by atoms with van der Waals surface area (Å²) in [5.41, 5.74) is 0.692. The summed E-state index contributed by atoms with van der Waals surface area (Å²) >= 11 is -2.70. The number of aliphatic carboxylic acids is 1. The van der Waals surface area contributed by atoms with E-state index in [0.29, 0.717) is 18.6 Å². The van der Waals surface area contributed by atoms with Crippen LogP contribution in [0.3, 0.4) is 0 Å². The van der Waals surface area contributed by atoms with Gasteiger partial charge in [0.2, 0.25) is 0 Å². The number of carboxylic acids is 1. The Hall–Kier alpha value is -1.17. The summed E-state index contributed by atoms with van der Waals surface area (Å²) in [5.74, 6) is 0.877. The van der Waals surface area contributed by atoms with Crippen LogP contribution in [-0.4, -0.2) is 43.2 Å². The van der Waals surface area contributed by atoms with Gasteiger partial charge in [-0.3, -0.25) is 0 Å². The van der Waals surface area contributed by atoms with Gasteiger partial charge in [-0.05, 0) is 0 Å². The Morgan fingerprint density at radius 1 is 0.871 bits per heavy atom. The second kappa shape index (κ2) is 15.6. The fourth-order valence-electron chi connectivity index (χ4n) is 4.37. The second-order valence-corrected chi connectivity index (χ2v) is 22.4. The number of methoxy groups -OCH3 is 1. The van der Waals surface area contributed by atoms with Gasteiger partial charge in [0, 0.05) is 0 Å². The Labute approximate surface area is 194 Å². The van der Waals surface area contributed by atoms with Gasteiger partial charge in [-0.25, -0.2) is 0 Å². The molecular weight excluding hydrogens is 495 g/mol. The van der Waals surface area contributed by atoms with Crippen molar-refractivity contribution in [2.75, 3.05) is 13.7 Å². The van der Waals surface area contributed by atoms with Crippen LogP contribution in [0, 0.1) is 0 Å². The van der Waals surface area contributed by atoms with E-state index in [1.807, 2.05) is 24.3 Å². The molecule has 0 aliphatic heterocycles. The van der Waals surface area contributed by atoms with E-state index in [9.17, 15) is 9.90 Å². The topological polar surface area (TPSA) is 55.8 Å². The minimum absolute atomic E-state index is 0.526. The van der Waals surface area contributed by atoms with Crippen LogP contribution in [-0.2, 0) is 4.79 Å². The Kier molecular flexibility index (Phi) is 14.0. The fraction of sp³-hybridized carbons (Fsp3) is 0.654. The van der Waals surface area contributed by atoms with Crippen LogP contribution in [0.25, 0.3) is 0 Å². The van der Waals surface area contributed by atoms with E-state index in [-0.39, 0.29) is 0 Å². The molecule has 1 N–H and O–H groups in total. The molecule has 4 nitrogen and oxygen atoms in total. The first-order valence-corrected chi connectivity index (χ1v) is 19.6. The minimum atomic E-state index is -2.70. The summed E-state index contributed by atoms with van der Waals surface area (Å²) in [6.07, 6.45) is 8.65. The van der Waals surface area contributed by atoms with Gasteiger partial charge in [0.25, 0.3) is 0 Å². The molecule has 31 heavy (non-hydrogen) atoms. The SMILES string of the molecule is CCC[CH2][Sn]([CH2]CCC)([CH2]CCC)/[C](C)=C(/CCCOc1ccc(OC)cc1)C(=O)O. The Morgan fingerprint density at radius 2 is 1.35 bits per heavy atom. The number of carboxylic acid groups (broad SMARTS) is 1. The summed E-state index contributed by atoms with van der Waals surface area (Å²) in [5, 5.41) is 10.1. The van der Waals surface area contributed by atoms with Gasteiger partial charge in [-0.15, -0.1) is 0 Å². The van der Waals surface area contributed by atoms with Crippen LogP contribution in [0.2, 0.25) is 13.3 Å². The summed E-state index contributed by atoms with van der Waals surface area (Å²) in [4.78, 5) is 12.3. The summed E-state index contributed by atoms with van der Waals surface area (Å²) in [6, 6.07) is 7.53. The number of ether oxygens (including phenoxy) is 2. The third kappa shape index (κ3) is 9.46. The van der Waals surface area contributed by atoms with Crippen molar-refractivity contribution in [3.63, 3.8) is 0 Å². The molecule has 0 aliphatic rings. The molecule has 5 heteroatoms. The van der Waals surface area contributed by atoms with Gasteiger partial charge in [0.15, 0.2) is 0 Å². The molecule has 0 saturated carbocycles. The normalized spacial score (nSPS) is 12.4. The maximum absolute atomic E-state index is 12.3. The molecule has 0 bridgehead atoms. The molecule has 0 unspecified atom stereocenters. The average molecular weight is 539 g/mol. The standard InChI is InChI=1S/C14H17O4.3C4H9.Sn/c1-3-11(14(15)16)5-4-10-18-13-8-6-12(17-2)7-9-13;3*1-3-4-2;/h6-9H,4-5,10H2,1-2H3,(H,15,16);3*1,3-4H2,2H3;.